The minimum atomic E-state index is -0.610. The van der Waals surface area contributed by atoms with Gasteiger partial charge in [-0.05, 0) is 18.2 Å². The van der Waals surface area contributed by atoms with E-state index in [1.165, 1.54) is 11.9 Å². The van der Waals surface area contributed by atoms with Crippen molar-refractivity contribution < 1.29 is 19.5 Å². The van der Waals surface area contributed by atoms with E-state index in [2.05, 4.69) is 5.16 Å². The normalized spacial score (nSPS) is 11.3. The van der Waals surface area contributed by atoms with Gasteiger partial charge in [-0.2, -0.15) is 0 Å². The number of carbonyl (C=O) groups is 1. The van der Waals surface area contributed by atoms with E-state index < -0.39 is 11.7 Å². The zero-order valence-corrected chi connectivity index (χ0v) is 9.80. The van der Waals surface area contributed by atoms with Crippen molar-refractivity contribution in [3.05, 3.63) is 29.6 Å². The van der Waals surface area contributed by atoms with Crippen LogP contribution in [0, 0.1) is 5.82 Å². The number of oxime groups is 1. The average Bonchev–Trinajstić information content (AvgIpc) is 2.37. The fourth-order valence-corrected chi connectivity index (χ4v) is 1.32. The van der Waals surface area contributed by atoms with Gasteiger partial charge in [-0.25, -0.2) is 4.39 Å². The molecule has 0 spiro atoms. The molecule has 18 heavy (non-hydrogen) atoms. The van der Waals surface area contributed by atoms with Gasteiger partial charge in [-0.15, -0.1) is 0 Å². The first-order valence-corrected chi connectivity index (χ1v) is 5.16. The van der Waals surface area contributed by atoms with Gasteiger partial charge in [0, 0.05) is 20.0 Å². The molecular formula is C11H14FN3O3. The first kappa shape index (κ1) is 13.8. The highest BCUT2D eigenvalue weighted by molar-refractivity contribution is 5.96. The van der Waals surface area contributed by atoms with Crippen LogP contribution in [-0.4, -0.2) is 40.5 Å². The molecule has 0 radical (unpaired) electrons. The Morgan fingerprint density at radius 3 is 2.83 bits per heavy atom. The number of hydrogen-bond acceptors (Lipinski definition) is 4. The maximum Gasteiger partial charge on any atom is 0.257 e. The largest absolute Gasteiger partial charge is 0.507 e. The van der Waals surface area contributed by atoms with Crippen LogP contribution in [0.4, 0.5) is 4.39 Å². The van der Waals surface area contributed by atoms with Gasteiger partial charge in [0.15, 0.2) is 0 Å². The lowest BCUT2D eigenvalue weighted by molar-refractivity contribution is 0.0795. The summed E-state index contributed by atoms with van der Waals surface area (Å²) in [5, 5.41) is 20.6. The Hall–Kier alpha value is -2.31. The second-order valence-electron chi connectivity index (χ2n) is 3.73. The number of carbonyl (C=O) groups excluding carboxylic acids is 1. The Bertz CT molecular complexity index is 477. The maximum absolute atomic E-state index is 13.0. The van der Waals surface area contributed by atoms with E-state index in [4.69, 9.17) is 10.9 Å². The van der Waals surface area contributed by atoms with Crippen molar-refractivity contribution in [3.8, 4) is 5.75 Å². The van der Waals surface area contributed by atoms with Crippen LogP contribution in [0.2, 0.25) is 0 Å². The summed E-state index contributed by atoms with van der Waals surface area (Å²) in [5.41, 5.74) is 5.14. The number of nitrogens with two attached hydrogens (primary N) is 1. The Balaban J connectivity index is 2.77. The van der Waals surface area contributed by atoms with E-state index in [1.54, 1.807) is 0 Å². The highest BCUT2D eigenvalue weighted by Crippen LogP contribution is 2.19. The van der Waals surface area contributed by atoms with E-state index >= 15 is 0 Å². The van der Waals surface area contributed by atoms with E-state index in [0.29, 0.717) is 0 Å². The van der Waals surface area contributed by atoms with Gasteiger partial charge >= 0.3 is 0 Å². The molecule has 7 heteroatoms. The summed E-state index contributed by atoms with van der Waals surface area (Å²) < 4.78 is 13.0. The van der Waals surface area contributed by atoms with Crippen LogP contribution in [-0.2, 0) is 0 Å². The standard InChI is InChI=1S/C11H14FN3O3/c1-15(5-4-10(13)14-18)11(17)8-6-7(12)2-3-9(8)16/h2-3,6,16,18H,4-5H2,1H3,(H2,13,14). The van der Waals surface area contributed by atoms with Gasteiger partial charge < -0.3 is 20.9 Å². The zero-order valence-electron chi connectivity index (χ0n) is 9.80. The second-order valence-corrected chi connectivity index (χ2v) is 3.73. The summed E-state index contributed by atoms with van der Waals surface area (Å²) >= 11 is 0. The van der Waals surface area contributed by atoms with Crippen molar-refractivity contribution >= 4 is 11.7 Å². The topological polar surface area (TPSA) is 99.1 Å². The molecule has 0 aliphatic carbocycles. The molecule has 0 bridgehead atoms. The minimum absolute atomic E-state index is 0.0156. The van der Waals surface area contributed by atoms with Crippen LogP contribution in [0.5, 0.6) is 5.75 Å². The molecule has 0 aliphatic heterocycles. The molecule has 0 fully saturated rings. The zero-order chi connectivity index (χ0) is 13.7. The molecule has 0 atom stereocenters. The quantitative estimate of drug-likeness (QED) is 0.320. The summed E-state index contributed by atoms with van der Waals surface area (Å²) in [6.45, 7) is 0.185. The van der Waals surface area contributed by atoms with Crippen LogP contribution < -0.4 is 5.73 Å². The number of halogens is 1. The molecule has 1 rings (SSSR count). The lowest BCUT2D eigenvalue weighted by Crippen LogP contribution is -2.30. The van der Waals surface area contributed by atoms with Crippen molar-refractivity contribution in [2.45, 2.75) is 6.42 Å². The second kappa shape index (κ2) is 5.85. The average molecular weight is 255 g/mol. The number of amidine groups is 1. The number of aromatic hydroxyl groups is 1. The number of amides is 1. The number of nitrogens with zero attached hydrogens (tertiary/aromatic N) is 2. The van der Waals surface area contributed by atoms with Crippen molar-refractivity contribution in [1.29, 1.82) is 0 Å². The molecule has 0 aliphatic rings. The van der Waals surface area contributed by atoms with Crippen molar-refractivity contribution in [1.82, 2.24) is 4.90 Å². The van der Waals surface area contributed by atoms with Gasteiger partial charge in [0.25, 0.3) is 5.91 Å². The summed E-state index contributed by atoms with van der Waals surface area (Å²) in [6, 6.07) is 3.13. The summed E-state index contributed by atoms with van der Waals surface area (Å²) in [4.78, 5) is 13.1. The highest BCUT2D eigenvalue weighted by Gasteiger charge is 2.16. The molecule has 0 saturated heterocycles. The molecule has 0 saturated carbocycles. The Morgan fingerprint density at radius 2 is 2.22 bits per heavy atom. The van der Waals surface area contributed by atoms with Crippen LogP contribution >= 0.6 is 0 Å². The van der Waals surface area contributed by atoms with Crippen molar-refractivity contribution in [2.75, 3.05) is 13.6 Å². The first-order valence-electron chi connectivity index (χ1n) is 5.16. The fraction of sp³-hybridized carbons (Fsp3) is 0.273. The SMILES string of the molecule is CN(CC/C(N)=N/O)C(=O)c1cc(F)ccc1O. The van der Waals surface area contributed by atoms with Crippen LogP contribution in [0.1, 0.15) is 16.8 Å². The molecule has 4 N–H and O–H groups in total. The molecule has 0 heterocycles. The van der Waals surface area contributed by atoms with Crippen molar-refractivity contribution in [2.24, 2.45) is 10.9 Å². The Morgan fingerprint density at radius 1 is 1.56 bits per heavy atom. The third-order valence-corrected chi connectivity index (χ3v) is 2.37. The van der Waals surface area contributed by atoms with E-state index in [-0.39, 0.29) is 30.1 Å². The van der Waals surface area contributed by atoms with Gasteiger partial charge in [0.05, 0.1) is 5.56 Å². The Labute approximate surface area is 103 Å². The lowest BCUT2D eigenvalue weighted by Gasteiger charge is -2.17. The van der Waals surface area contributed by atoms with Crippen LogP contribution in [0.25, 0.3) is 0 Å². The predicted octanol–water partition coefficient (Wildman–Crippen LogP) is 0.740. The number of benzene rings is 1. The van der Waals surface area contributed by atoms with Crippen LogP contribution in [0.15, 0.2) is 23.4 Å². The first-order chi connectivity index (χ1) is 8.45. The third kappa shape index (κ3) is 3.34. The molecule has 1 aromatic carbocycles. The smallest absolute Gasteiger partial charge is 0.257 e. The fourth-order valence-electron chi connectivity index (χ4n) is 1.32. The highest BCUT2D eigenvalue weighted by atomic mass is 19.1. The van der Waals surface area contributed by atoms with Gasteiger partial charge in [0.1, 0.15) is 17.4 Å². The predicted molar refractivity (Wildman–Crippen MR) is 63.1 cm³/mol. The van der Waals surface area contributed by atoms with E-state index in [9.17, 15) is 14.3 Å². The van der Waals surface area contributed by atoms with Crippen LogP contribution in [0.3, 0.4) is 0 Å². The molecule has 6 nitrogen and oxygen atoms in total. The summed E-state index contributed by atoms with van der Waals surface area (Å²) in [5.74, 6) is -1.46. The molecule has 98 valence electrons. The van der Waals surface area contributed by atoms with Gasteiger partial charge in [0.2, 0.25) is 0 Å². The monoisotopic (exact) mass is 255 g/mol. The van der Waals surface area contributed by atoms with Gasteiger partial charge in [-0.1, -0.05) is 5.16 Å². The third-order valence-electron chi connectivity index (χ3n) is 2.37. The molecule has 0 unspecified atom stereocenters. The minimum Gasteiger partial charge on any atom is -0.507 e. The molecular weight excluding hydrogens is 241 g/mol. The van der Waals surface area contributed by atoms with E-state index in [0.717, 1.165) is 18.2 Å². The van der Waals surface area contributed by atoms with E-state index in [1.807, 2.05) is 0 Å². The number of hydrogen-bond donors (Lipinski definition) is 3. The Kier molecular flexibility index (Phi) is 4.47. The molecule has 1 amide bonds. The van der Waals surface area contributed by atoms with Gasteiger partial charge in [-0.3, -0.25) is 4.79 Å². The molecule has 1 aromatic rings. The maximum atomic E-state index is 13.0. The number of phenols is 1. The molecule has 0 aromatic heterocycles. The summed E-state index contributed by atoms with van der Waals surface area (Å²) in [6.07, 6.45) is 0.175. The summed E-state index contributed by atoms with van der Waals surface area (Å²) in [7, 11) is 1.47. The number of phenolic OH excluding ortho intramolecular Hbond substituents is 1. The number of rotatable bonds is 4. The van der Waals surface area contributed by atoms with Crippen molar-refractivity contribution in [3.63, 3.8) is 0 Å². The lowest BCUT2D eigenvalue weighted by atomic mass is 10.1.